The molecule has 28 heavy (non-hydrogen) atoms. The summed E-state index contributed by atoms with van der Waals surface area (Å²) in [6.45, 7) is 0.0806. The Morgan fingerprint density at radius 1 is 1.07 bits per heavy atom. The monoisotopic (exact) mass is 385 g/mol. The number of aliphatic hydroxyl groups is 1. The van der Waals surface area contributed by atoms with Crippen LogP contribution in [-0.2, 0) is 16.1 Å². The van der Waals surface area contributed by atoms with Crippen molar-refractivity contribution in [3.8, 4) is 11.5 Å². The van der Waals surface area contributed by atoms with Crippen molar-refractivity contribution in [2.24, 2.45) is 5.73 Å². The molecule has 0 radical (unpaired) electrons. The van der Waals surface area contributed by atoms with Crippen molar-refractivity contribution >= 4 is 11.6 Å². The molecular formula is C20H19NO7. The van der Waals surface area contributed by atoms with E-state index in [0.717, 1.165) is 0 Å². The Morgan fingerprint density at radius 2 is 1.82 bits per heavy atom. The maximum absolute atomic E-state index is 12.8. The summed E-state index contributed by atoms with van der Waals surface area (Å²) in [5.41, 5.74) is 6.16. The minimum atomic E-state index is -0.743. The van der Waals surface area contributed by atoms with E-state index >= 15 is 0 Å². The lowest BCUT2D eigenvalue weighted by atomic mass is 9.82. The summed E-state index contributed by atoms with van der Waals surface area (Å²) in [6.07, 6.45) is -1.05. The Balaban J connectivity index is 1.60. The van der Waals surface area contributed by atoms with Crippen LogP contribution >= 0.6 is 0 Å². The molecule has 8 nitrogen and oxygen atoms in total. The minimum Gasteiger partial charge on any atom is -0.507 e. The summed E-state index contributed by atoms with van der Waals surface area (Å²) in [6, 6.07) is 6.63. The van der Waals surface area contributed by atoms with Crippen molar-refractivity contribution in [1.29, 1.82) is 0 Å². The fourth-order valence-corrected chi connectivity index (χ4v) is 3.51. The molecule has 3 unspecified atom stereocenters. The van der Waals surface area contributed by atoms with Crippen molar-refractivity contribution < 1.29 is 34.4 Å². The molecular weight excluding hydrogens is 366 g/mol. The van der Waals surface area contributed by atoms with Crippen LogP contribution in [0.1, 0.15) is 43.8 Å². The van der Waals surface area contributed by atoms with Gasteiger partial charge in [-0.15, -0.1) is 0 Å². The number of aromatic hydroxyl groups is 2. The number of phenolic OH excluding ortho intramolecular Hbond substituents is 2. The lowest BCUT2D eigenvalue weighted by Crippen LogP contribution is -2.47. The van der Waals surface area contributed by atoms with Crippen LogP contribution < -0.4 is 5.73 Å². The fraction of sp³-hybridized carbons (Fsp3) is 0.300. The van der Waals surface area contributed by atoms with Crippen LogP contribution in [0.25, 0.3) is 0 Å². The second-order valence-corrected chi connectivity index (χ2v) is 6.94. The van der Waals surface area contributed by atoms with Crippen LogP contribution in [0.3, 0.4) is 0 Å². The number of nitrogens with two attached hydrogens (primary N) is 1. The maximum Gasteiger partial charge on any atom is 0.201 e. The fourth-order valence-electron chi connectivity index (χ4n) is 3.51. The molecule has 2 aromatic rings. The van der Waals surface area contributed by atoms with Gasteiger partial charge in [0, 0.05) is 23.6 Å². The van der Waals surface area contributed by atoms with Crippen LogP contribution in [0, 0.1) is 0 Å². The number of hydrogen-bond donors (Lipinski definition) is 4. The van der Waals surface area contributed by atoms with E-state index in [1.165, 1.54) is 30.3 Å². The third-order valence-electron chi connectivity index (χ3n) is 5.01. The zero-order valence-corrected chi connectivity index (χ0v) is 14.8. The average molecular weight is 385 g/mol. The molecule has 2 aromatic carbocycles. The van der Waals surface area contributed by atoms with E-state index in [2.05, 4.69) is 0 Å². The number of hydrogen-bond acceptors (Lipinski definition) is 8. The first-order valence-electron chi connectivity index (χ1n) is 8.81. The second-order valence-electron chi connectivity index (χ2n) is 6.94. The highest BCUT2D eigenvalue weighted by molar-refractivity contribution is 6.30. The first-order valence-corrected chi connectivity index (χ1v) is 8.81. The number of benzene rings is 2. The Bertz CT molecular complexity index is 971. The molecule has 0 spiro atoms. The van der Waals surface area contributed by atoms with Crippen LogP contribution in [0.4, 0.5) is 0 Å². The molecule has 3 atom stereocenters. The van der Waals surface area contributed by atoms with Crippen LogP contribution in [0.15, 0.2) is 30.3 Å². The predicted molar refractivity (Wildman–Crippen MR) is 96.2 cm³/mol. The smallest absolute Gasteiger partial charge is 0.201 e. The van der Waals surface area contributed by atoms with Gasteiger partial charge in [0.05, 0.1) is 30.4 Å². The molecule has 0 bridgehead atoms. The molecule has 1 heterocycles. The molecule has 0 amide bonds. The van der Waals surface area contributed by atoms with Crippen LogP contribution in [0.2, 0.25) is 0 Å². The van der Waals surface area contributed by atoms with Crippen molar-refractivity contribution in [2.75, 3.05) is 6.61 Å². The quantitative estimate of drug-likeness (QED) is 0.520. The third kappa shape index (κ3) is 3.06. The number of phenols is 2. The number of ether oxygens (including phenoxy) is 2. The first-order chi connectivity index (χ1) is 13.4. The molecule has 5 N–H and O–H groups in total. The molecule has 0 saturated carbocycles. The lowest BCUT2D eigenvalue weighted by Gasteiger charge is -2.31. The summed E-state index contributed by atoms with van der Waals surface area (Å²) in [4.78, 5) is 25.5. The van der Waals surface area contributed by atoms with Gasteiger partial charge in [-0.1, -0.05) is 12.1 Å². The van der Waals surface area contributed by atoms with Gasteiger partial charge in [0.25, 0.3) is 0 Å². The summed E-state index contributed by atoms with van der Waals surface area (Å²) >= 11 is 0. The summed E-state index contributed by atoms with van der Waals surface area (Å²) in [5.74, 6) is -1.73. The first kappa shape index (κ1) is 18.6. The Labute approximate surface area is 160 Å². The van der Waals surface area contributed by atoms with Crippen molar-refractivity contribution in [1.82, 2.24) is 0 Å². The molecule has 8 heteroatoms. The molecule has 1 fully saturated rings. The zero-order valence-electron chi connectivity index (χ0n) is 14.8. The Kier molecular flexibility index (Phi) is 4.64. The minimum absolute atomic E-state index is 0.0166. The van der Waals surface area contributed by atoms with E-state index in [1.54, 1.807) is 0 Å². The van der Waals surface area contributed by atoms with Gasteiger partial charge in [-0.3, -0.25) is 9.59 Å². The number of fused-ring (bicyclic) bond motifs is 2. The second kappa shape index (κ2) is 6.99. The number of aliphatic hydroxyl groups excluding tert-OH is 1. The van der Waals surface area contributed by atoms with Gasteiger partial charge in [-0.2, -0.15) is 0 Å². The standard InChI is InChI=1S/C20H19NO7/c21-12-6-16(28-8-15(12)24)27-7-9-4-11-18(14(23)5-9)20(26)17-10(19(11)25)2-1-3-13(17)22/h1-5,12,15-16,22-24H,6-8,21H2. The Hall–Kier alpha value is -2.78. The van der Waals surface area contributed by atoms with E-state index in [1.807, 2.05) is 0 Å². The Morgan fingerprint density at radius 3 is 2.57 bits per heavy atom. The van der Waals surface area contributed by atoms with Gasteiger partial charge in [0.1, 0.15) is 11.5 Å². The van der Waals surface area contributed by atoms with E-state index in [-0.39, 0.29) is 47.0 Å². The van der Waals surface area contributed by atoms with E-state index in [4.69, 9.17) is 15.2 Å². The zero-order chi connectivity index (χ0) is 20.0. The molecule has 1 saturated heterocycles. The highest BCUT2D eigenvalue weighted by atomic mass is 16.7. The highest BCUT2D eigenvalue weighted by Gasteiger charge is 2.34. The molecule has 2 aliphatic rings. The van der Waals surface area contributed by atoms with E-state index in [9.17, 15) is 24.9 Å². The predicted octanol–water partition coefficient (Wildman–Crippen LogP) is 0.824. The molecule has 146 valence electrons. The number of carbonyl (C=O) groups excluding carboxylic acids is 2. The van der Waals surface area contributed by atoms with Gasteiger partial charge < -0.3 is 30.5 Å². The van der Waals surface area contributed by atoms with Crippen molar-refractivity contribution in [3.05, 3.63) is 58.1 Å². The SMILES string of the molecule is NC1CC(OCc2cc(O)c3c(c2)C(=O)c2cccc(O)c2C3=O)OCC1O. The van der Waals surface area contributed by atoms with Crippen molar-refractivity contribution in [2.45, 2.75) is 31.5 Å². The highest BCUT2D eigenvalue weighted by Crippen LogP contribution is 2.37. The molecule has 0 aromatic heterocycles. The summed E-state index contributed by atoms with van der Waals surface area (Å²) < 4.78 is 11.0. The van der Waals surface area contributed by atoms with Crippen molar-refractivity contribution in [3.63, 3.8) is 0 Å². The maximum atomic E-state index is 12.8. The van der Waals surface area contributed by atoms with Gasteiger partial charge in [0.15, 0.2) is 12.1 Å². The van der Waals surface area contributed by atoms with Crippen LogP contribution in [0.5, 0.6) is 11.5 Å². The van der Waals surface area contributed by atoms with E-state index < -0.39 is 30.0 Å². The van der Waals surface area contributed by atoms with Gasteiger partial charge in [-0.05, 0) is 23.8 Å². The number of ketones is 2. The summed E-state index contributed by atoms with van der Waals surface area (Å²) in [7, 11) is 0. The lowest BCUT2D eigenvalue weighted by molar-refractivity contribution is -0.196. The molecule has 1 aliphatic heterocycles. The van der Waals surface area contributed by atoms with Gasteiger partial charge in [0.2, 0.25) is 5.78 Å². The molecule has 4 rings (SSSR count). The number of carbonyl (C=O) groups is 2. The third-order valence-corrected chi connectivity index (χ3v) is 5.01. The van der Waals surface area contributed by atoms with Gasteiger partial charge in [-0.25, -0.2) is 0 Å². The molecule has 1 aliphatic carbocycles. The normalized spacial score (nSPS) is 24.0. The topological polar surface area (TPSA) is 139 Å². The number of rotatable bonds is 3. The summed E-state index contributed by atoms with van der Waals surface area (Å²) in [5, 5.41) is 29.9. The van der Waals surface area contributed by atoms with E-state index in [0.29, 0.717) is 12.0 Å². The van der Waals surface area contributed by atoms with Gasteiger partial charge >= 0.3 is 0 Å². The average Bonchev–Trinajstić information content (AvgIpc) is 2.66. The van der Waals surface area contributed by atoms with Crippen LogP contribution in [-0.4, -0.2) is 51.9 Å². The largest absolute Gasteiger partial charge is 0.507 e.